The number of benzene rings is 2. The Labute approximate surface area is 210 Å². The van der Waals surface area contributed by atoms with Crippen LogP contribution in [0.1, 0.15) is 31.2 Å². The largest absolute Gasteiger partial charge is 0.465 e. The van der Waals surface area contributed by atoms with Gasteiger partial charge in [-0.2, -0.15) is 0 Å². The van der Waals surface area contributed by atoms with Crippen molar-refractivity contribution in [2.45, 2.75) is 19.9 Å². The van der Waals surface area contributed by atoms with Gasteiger partial charge in [0.25, 0.3) is 5.56 Å². The predicted octanol–water partition coefficient (Wildman–Crippen LogP) is 3.59. The maximum absolute atomic E-state index is 13.1. The first kappa shape index (κ1) is 24.8. The molecule has 1 N–H and O–H groups in total. The van der Waals surface area contributed by atoms with E-state index >= 15 is 0 Å². The van der Waals surface area contributed by atoms with Crippen molar-refractivity contribution in [3.05, 3.63) is 92.8 Å². The van der Waals surface area contributed by atoms with Crippen molar-refractivity contribution in [2.24, 2.45) is 0 Å². The second kappa shape index (κ2) is 11.0. The van der Waals surface area contributed by atoms with Gasteiger partial charge in [0.15, 0.2) is 0 Å². The van der Waals surface area contributed by atoms with Crippen LogP contribution in [0.5, 0.6) is 0 Å². The van der Waals surface area contributed by atoms with E-state index in [4.69, 9.17) is 4.74 Å². The minimum Gasteiger partial charge on any atom is -0.465 e. The number of aryl methyl sites for hydroxylation is 1. The summed E-state index contributed by atoms with van der Waals surface area (Å²) in [6, 6.07) is 15.9. The van der Waals surface area contributed by atoms with E-state index in [9.17, 15) is 19.2 Å². The van der Waals surface area contributed by atoms with E-state index < -0.39 is 23.4 Å². The number of hydrogen-bond donors (Lipinski definition) is 1. The highest BCUT2D eigenvalue weighted by molar-refractivity contribution is 7.20. The third-order valence-electron chi connectivity index (χ3n) is 5.45. The minimum absolute atomic E-state index is 0.214. The second-order valence-electron chi connectivity index (χ2n) is 7.91. The van der Waals surface area contributed by atoms with Crippen molar-refractivity contribution < 1.29 is 23.9 Å². The lowest BCUT2D eigenvalue weighted by Gasteiger charge is -2.08. The lowest BCUT2D eigenvalue weighted by Crippen LogP contribution is -2.28. The topological polar surface area (TPSA) is 117 Å². The summed E-state index contributed by atoms with van der Waals surface area (Å²) in [5.74, 6) is -1.52. The summed E-state index contributed by atoms with van der Waals surface area (Å²) in [4.78, 5) is 55.0. The van der Waals surface area contributed by atoms with E-state index in [0.29, 0.717) is 27.4 Å². The lowest BCUT2D eigenvalue weighted by molar-refractivity contribution is -0.116. The van der Waals surface area contributed by atoms with Crippen molar-refractivity contribution in [3.63, 3.8) is 0 Å². The number of carbonyl (C=O) groups excluding carboxylic acids is 3. The van der Waals surface area contributed by atoms with E-state index in [-0.39, 0.29) is 24.1 Å². The van der Waals surface area contributed by atoms with E-state index in [1.165, 1.54) is 24.1 Å². The van der Waals surface area contributed by atoms with Gasteiger partial charge in [-0.05, 0) is 36.2 Å². The third-order valence-corrected chi connectivity index (χ3v) is 6.63. The summed E-state index contributed by atoms with van der Waals surface area (Å²) in [7, 11) is 1.27. The van der Waals surface area contributed by atoms with Crippen LogP contribution in [0.4, 0.5) is 5.69 Å². The van der Waals surface area contributed by atoms with Gasteiger partial charge in [0.1, 0.15) is 16.3 Å². The highest BCUT2D eigenvalue weighted by Gasteiger charge is 2.21. The first-order valence-electron chi connectivity index (χ1n) is 11.0. The molecule has 0 bridgehead atoms. The fourth-order valence-electron chi connectivity index (χ4n) is 3.64. The van der Waals surface area contributed by atoms with Crippen LogP contribution in [-0.4, -0.2) is 41.1 Å². The summed E-state index contributed by atoms with van der Waals surface area (Å²) in [5.41, 5.74) is 1.76. The summed E-state index contributed by atoms with van der Waals surface area (Å²) < 4.78 is 11.3. The van der Waals surface area contributed by atoms with E-state index in [1.807, 2.05) is 30.3 Å². The van der Waals surface area contributed by atoms with Crippen LogP contribution in [0.2, 0.25) is 0 Å². The van der Waals surface area contributed by atoms with E-state index in [1.54, 1.807) is 25.1 Å². The van der Waals surface area contributed by atoms with Gasteiger partial charge >= 0.3 is 11.9 Å². The number of nitrogens with zero attached hydrogens (tertiary/aromatic N) is 2. The molecule has 0 saturated heterocycles. The van der Waals surface area contributed by atoms with E-state index in [2.05, 4.69) is 15.0 Å². The van der Waals surface area contributed by atoms with Gasteiger partial charge < -0.3 is 14.8 Å². The Bertz CT molecular complexity index is 1490. The second-order valence-corrected chi connectivity index (χ2v) is 8.91. The molecular weight excluding hydrogens is 482 g/mol. The maximum Gasteiger partial charge on any atom is 0.348 e. The van der Waals surface area contributed by atoms with Crippen LogP contribution < -0.4 is 10.9 Å². The number of carbonyl (C=O) groups is 3. The monoisotopic (exact) mass is 505 g/mol. The molecule has 0 atom stereocenters. The molecule has 0 aliphatic carbocycles. The predicted molar refractivity (Wildman–Crippen MR) is 135 cm³/mol. The fraction of sp³-hybridized carbons (Fsp3) is 0.192. The van der Waals surface area contributed by atoms with Gasteiger partial charge in [0.2, 0.25) is 5.91 Å². The molecule has 2 aromatic carbocycles. The molecule has 2 aromatic heterocycles. The molecule has 36 heavy (non-hydrogen) atoms. The number of amides is 1. The molecule has 2 heterocycles. The molecular formula is C26H23N3O6S. The zero-order valence-corrected chi connectivity index (χ0v) is 20.5. The quantitative estimate of drug-likeness (QED) is 0.364. The van der Waals surface area contributed by atoms with Gasteiger partial charge in [0.05, 0.1) is 31.0 Å². The Hall–Kier alpha value is -4.31. The van der Waals surface area contributed by atoms with Gasteiger partial charge in [-0.3, -0.25) is 14.2 Å². The number of hydrogen-bond acceptors (Lipinski definition) is 8. The normalized spacial score (nSPS) is 10.7. The molecule has 0 radical (unpaired) electrons. The first-order chi connectivity index (χ1) is 17.4. The average Bonchev–Trinajstić information content (AvgIpc) is 3.23. The van der Waals surface area contributed by atoms with Crippen molar-refractivity contribution in [1.82, 2.24) is 9.55 Å². The number of fused-ring (bicyclic) bond motifs is 1. The SMILES string of the molecule is COC(=O)c1cccc(NC(=O)Cn2cnc3sc(C(=O)OCCc4ccccc4)c(C)c3c2=O)c1. The lowest BCUT2D eigenvalue weighted by atomic mass is 10.2. The molecule has 0 fully saturated rings. The number of thiophene rings is 1. The Morgan fingerprint density at radius 1 is 1.06 bits per heavy atom. The maximum atomic E-state index is 13.1. The van der Waals surface area contributed by atoms with E-state index in [0.717, 1.165) is 16.9 Å². The highest BCUT2D eigenvalue weighted by Crippen LogP contribution is 2.27. The summed E-state index contributed by atoms with van der Waals surface area (Å²) >= 11 is 1.09. The number of esters is 2. The summed E-state index contributed by atoms with van der Waals surface area (Å²) in [6.45, 7) is 1.58. The Kier molecular flexibility index (Phi) is 7.55. The standard InChI is InChI=1S/C26H23N3O6S/c1-16-21-23(36-22(16)26(33)35-12-11-17-7-4-3-5-8-17)27-15-29(24(21)31)14-20(30)28-19-10-6-9-18(13-19)25(32)34-2/h3-10,13,15H,11-12,14H2,1-2H3,(H,28,30). The zero-order chi connectivity index (χ0) is 25.7. The van der Waals surface area contributed by atoms with Crippen LogP contribution in [0.3, 0.4) is 0 Å². The number of ether oxygens (including phenoxy) is 2. The molecule has 0 saturated carbocycles. The first-order valence-corrected chi connectivity index (χ1v) is 11.9. The van der Waals surface area contributed by atoms with Crippen LogP contribution in [0, 0.1) is 6.92 Å². The molecule has 0 unspecified atom stereocenters. The van der Waals surface area contributed by atoms with Crippen LogP contribution in [0.25, 0.3) is 10.2 Å². The zero-order valence-electron chi connectivity index (χ0n) is 19.6. The summed E-state index contributed by atoms with van der Waals surface area (Å²) in [6.07, 6.45) is 1.86. The van der Waals surface area contributed by atoms with Gasteiger partial charge in [-0.15, -0.1) is 11.3 Å². The molecule has 0 aliphatic rings. The number of rotatable bonds is 8. The van der Waals surface area contributed by atoms with Gasteiger partial charge in [-0.1, -0.05) is 36.4 Å². The molecule has 4 rings (SSSR count). The minimum atomic E-state index is -0.528. The Morgan fingerprint density at radius 3 is 2.58 bits per heavy atom. The Morgan fingerprint density at radius 2 is 1.83 bits per heavy atom. The van der Waals surface area contributed by atoms with Crippen LogP contribution in [-0.2, 0) is 27.2 Å². The third kappa shape index (κ3) is 5.49. The van der Waals surface area contributed by atoms with Crippen molar-refractivity contribution in [3.8, 4) is 0 Å². The van der Waals surface area contributed by atoms with Crippen molar-refractivity contribution in [1.29, 1.82) is 0 Å². The number of anilines is 1. The van der Waals surface area contributed by atoms with Gasteiger partial charge in [0, 0.05) is 12.1 Å². The molecule has 0 aliphatic heterocycles. The molecule has 0 spiro atoms. The molecule has 4 aromatic rings. The number of aromatic nitrogens is 2. The highest BCUT2D eigenvalue weighted by atomic mass is 32.1. The smallest absolute Gasteiger partial charge is 0.348 e. The fourth-order valence-corrected chi connectivity index (χ4v) is 4.67. The average molecular weight is 506 g/mol. The van der Waals surface area contributed by atoms with Crippen molar-refractivity contribution in [2.75, 3.05) is 19.0 Å². The van der Waals surface area contributed by atoms with Crippen LogP contribution >= 0.6 is 11.3 Å². The number of methoxy groups -OCH3 is 1. The van der Waals surface area contributed by atoms with Gasteiger partial charge in [-0.25, -0.2) is 14.6 Å². The molecule has 9 nitrogen and oxygen atoms in total. The molecule has 184 valence electrons. The van der Waals surface area contributed by atoms with Crippen LogP contribution in [0.15, 0.2) is 65.7 Å². The number of nitrogens with one attached hydrogen (secondary N) is 1. The Balaban J connectivity index is 1.47. The molecule has 1 amide bonds. The van der Waals surface area contributed by atoms with Crippen molar-refractivity contribution >= 4 is 45.1 Å². The summed E-state index contributed by atoms with van der Waals surface area (Å²) in [5, 5.41) is 2.93. The molecule has 10 heteroatoms.